The molecule has 0 aliphatic carbocycles. The van der Waals surface area contributed by atoms with Crippen molar-refractivity contribution in [2.45, 2.75) is 53.1 Å². The van der Waals surface area contributed by atoms with Crippen LogP contribution in [0.1, 0.15) is 45.7 Å². The van der Waals surface area contributed by atoms with Crippen LogP contribution in [0.2, 0.25) is 0 Å². The summed E-state index contributed by atoms with van der Waals surface area (Å²) in [5, 5.41) is 8.83. The normalized spacial score (nSPS) is 11.8. The van der Waals surface area contributed by atoms with Gasteiger partial charge in [-0.2, -0.15) is 0 Å². The van der Waals surface area contributed by atoms with Gasteiger partial charge < -0.3 is 14.0 Å². The topological polar surface area (TPSA) is 37.0 Å². The number of likely N-dealkylation sites (N-methyl/N-ethyl adjacent to an activating group) is 1. The van der Waals surface area contributed by atoms with E-state index in [1.807, 2.05) is 0 Å². The zero-order chi connectivity index (χ0) is 20.3. The highest BCUT2D eigenvalue weighted by atomic mass is 79.9. The predicted octanol–water partition coefficient (Wildman–Crippen LogP) is 5.19. The van der Waals surface area contributed by atoms with Crippen molar-refractivity contribution in [1.29, 1.82) is 5.41 Å². The molecule has 29 heavy (non-hydrogen) atoms. The molecule has 0 aliphatic rings. The lowest BCUT2D eigenvalue weighted by atomic mass is 9.87. The van der Waals surface area contributed by atoms with E-state index in [-0.39, 0.29) is 22.4 Å². The van der Waals surface area contributed by atoms with E-state index < -0.39 is 0 Å². The number of rotatable bonds is 7. The molecule has 0 fully saturated rings. The van der Waals surface area contributed by atoms with Gasteiger partial charge in [-0.1, -0.05) is 71.0 Å². The van der Waals surface area contributed by atoms with Gasteiger partial charge in [0.05, 0.1) is 17.6 Å². The molecule has 1 aromatic heterocycles. The maximum Gasteiger partial charge on any atom is 0.203 e. The number of fused-ring (bicyclic) bond motifs is 1. The Balaban J connectivity index is 0.00000300. The number of imidazole rings is 1. The average molecular weight is 459 g/mol. The van der Waals surface area contributed by atoms with Gasteiger partial charge in [0.1, 0.15) is 0 Å². The molecule has 1 heterocycles. The van der Waals surface area contributed by atoms with E-state index in [0.29, 0.717) is 5.62 Å². The largest absolute Gasteiger partial charge is 0.309 e. The number of aromatic nitrogens is 2. The number of hydrogen-bond donors (Lipinski definition) is 1. The van der Waals surface area contributed by atoms with Gasteiger partial charge in [-0.15, -0.1) is 17.0 Å². The highest BCUT2D eigenvalue weighted by Gasteiger charge is 2.14. The van der Waals surface area contributed by atoms with E-state index in [2.05, 4.69) is 97.2 Å². The number of nitrogens with one attached hydrogen (secondary N) is 1. The second-order valence-electron chi connectivity index (χ2n) is 8.52. The van der Waals surface area contributed by atoms with Gasteiger partial charge in [-0.25, -0.2) is 0 Å². The molecule has 0 spiro atoms. The Morgan fingerprint density at radius 3 is 1.93 bits per heavy atom. The van der Waals surface area contributed by atoms with Gasteiger partial charge in [0.2, 0.25) is 5.62 Å². The molecular weight excluding hydrogens is 424 g/mol. The molecule has 0 aliphatic heterocycles. The molecule has 5 heteroatoms. The van der Waals surface area contributed by atoms with Crippen LogP contribution in [0.4, 0.5) is 0 Å². The van der Waals surface area contributed by atoms with Crippen LogP contribution in [0.5, 0.6) is 0 Å². The highest BCUT2D eigenvalue weighted by Crippen LogP contribution is 2.23. The summed E-state index contributed by atoms with van der Waals surface area (Å²) in [7, 11) is 0. The molecule has 0 saturated heterocycles. The molecule has 4 nitrogen and oxygen atoms in total. The monoisotopic (exact) mass is 458 g/mol. The third kappa shape index (κ3) is 5.20. The van der Waals surface area contributed by atoms with Crippen molar-refractivity contribution in [3.05, 3.63) is 65.3 Å². The lowest BCUT2D eigenvalue weighted by molar-refractivity contribution is 0.289. The second kappa shape index (κ2) is 9.77. The summed E-state index contributed by atoms with van der Waals surface area (Å²) in [6.45, 7) is 15.7. The van der Waals surface area contributed by atoms with Gasteiger partial charge in [-0.05, 0) is 41.8 Å². The van der Waals surface area contributed by atoms with Gasteiger partial charge in [0.15, 0.2) is 0 Å². The van der Waals surface area contributed by atoms with E-state index >= 15 is 0 Å². The SMILES string of the molecule is Br.CCN(CC)CCn1c(=N)n(Cc2ccc(C(C)(C)C)cc2)c2ccccc21. The second-order valence-corrected chi connectivity index (χ2v) is 8.52. The number of para-hydroxylation sites is 2. The molecule has 2 aromatic carbocycles. The van der Waals surface area contributed by atoms with Crippen LogP contribution in [0.15, 0.2) is 48.5 Å². The van der Waals surface area contributed by atoms with Crippen molar-refractivity contribution in [3.63, 3.8) is 0 Å². The Kier molecular flexibility index (Phi) is 7.89. The van der Waals surface area contributed by atoms with E-state index in [1.54, 1.807) is 0 Å². The number of benzene rings is 2. The Hall–Kier alpha value is -1.85. The first-order valence-corrected chi connectivity index (χ1v) is 10.4. The third-order valence-corrected chi connectivity index (χ3v) is 5.67. The zero-order valence-corrected chi connectivity index (χ0v) is 20.1. The molecule has 0 bridgehead atoms. The minimum absolute atomic E-state index is 0. The standard InChI is InChI=1S/C24H34N4.BrH/c1-6-26(7-2)16-17-27-21-10-8-9-11-22(21)28(23(27)25)18-19-12-14-20(15-13-19)24(3,4)5;/h8-15,25H,6-7,16-18H2,1-5H3;1H. The summed E-state index contributed by atoms with van der Waals surface area (Å²) in [4.78, 5) is 2.41. The summed E-state index contributed by atoms with van der Waals surface area (Å²) < 4.78 is 4.28. The zero-order valence-electron chi connectivity index (χ0n) is 18.4. The minimum Gasteiger partial charge on any atom is -0.309 e. The van der Waals surface area contributed by atoms with Crippen LogP contribution < -0.4 is 5.62 Å². The Morgan fingerprint density at radius 1 is 0.862 bits per heavy atom. The maximum absolute atomic E-state index is 8.83. The first-order valence-electron chi connectivity index (χ1n) is 10.4. The smallest absolute Gasteiger partial charge is 0.203 e. The van der Waals surface area contributed by atoms with Crippen molar-refractivity contribution >= 4 is 28.0 Å². The first-order chi connectivity index (χ1) is 13.3. The molecular formula is C24H35BrN4. The molecule has 3 aromatic rings. The van der Waals surface area contributed by atoms with Gasteiger partial charge >= 0.3 is 0 Å². The van der Waals surface area contributed by atoms with Crippen molar-refractivity contribution in [1.82, 2.24) is 14.0 Å². The van der Waals surface area contributed by atoms with Crippen LogP contribution in [0.25, 0.3) is 11.0 Å². The van der Waals surface area contributed by atoms with Gasteiger partial charge in [0, 0.05) is 13.1 Å². The summed E-state index contributed by atoms with van der Waals surface area (Å²) in [5.41, 5.74) is 5.59. The molecule has 0 atom stereocenters. The summed E-state index contributed by atoms with van der Waals surface area (Å²) in [6.07, 6.45) is 0. The number of nitrogens with zero attached hydrogens (tertiary/aromatic N) is 3. The van der Waals surface area contributed by atoms with Crippen molar-refractivity contribution in [2.24, 2.45) is 0 Å². The summed E-state index contributed by atoms with van der Waals surface area (Å²) in [6, 6.07) is 17.2. The molecule has 0 unspecified atom stereocenters. The van der Waals surface area contributed by atoms with E-state index in [9.17, 15) is 0 Å². The number of halogens is 1. The van der Waals surface area contributed by atoms with Gasteiger partial charge in [-0.3, -0.25) is 5.41 Å². The first kappa shape index (κ1) is 23.4. The Morgan fingerprint density at radius 2 is 1.41 bits per heavy atom. The van der Waals surface area contributed by atoms with Crippen LogP contribution in [0, 0.1) is 5.41 Å². The minimum atomic E-state index is 0. The third-order valence-electron chi connectivity index (χ3n) is 5.67. The van der Waals surface area contributed by atoms with Crippen LogP contribution >= 0.6 is 17.0 Å². The molecule has 3 rings (SSSR count). The lowest BCUT2D eigenvalue weighted by Crippen LogP contribution is -2.32. The number of hydrogen-bond acceptors (Lipinski definition) is 2. The molecule has 1 N–H and O–H groups in total. The highest BCUT2D eigenvalue weighted by molar-refractivity contribution is 8.93. The van der Waals surface area contributed by atoms with Gasteiger partial charge in [0.25, 0.3) is 0 Å². The van der Waals surface area contributed by atoms with E-state index in [1.165, 1.54) is 11.1 Å². The van der Waals surface area contributed by atoms with Crippen LogP contribution in [-0.4, -0.2) is 33.7 Å². The summed E-state index contributed by atoms with van der Waals surface area (Å²) >= 11 is 0. The fraction of sp³-hybridized carbons (Fsp3) is 0.458. The van der Waals surface area contributed by atoms with Crippen LogP contribution in [-0.2, 0) is 18.5 Å². The average Bonchev–Trinajstić information content (AvgIpc) is 2.94. The predicted molar refractivity (Wildman–Crippen MR) is 128 cm³/mol. The lowest BCUT2D eigenvalue weighted by Gasteiger charge is -2.19. The quantitative estimate of drug-likeness (QED) is 0.519. The molecule has 0 radical (unpaired) electrons. The molecule has 0 amide bonds. The van der Waals surface area contributed by atoms with Crippen LogP contribution in [0.3, 0.4) is 0 Å². The van der Waals surface area contributed by atoms with Crippen molar-refractivity contribution < 1.29 is 0 Å². The summed E-state index contributed by atoms with van der Waals surface area (Å²) in [5.74, 6) is 0. The molecule has 158 valence electrons. The Labute approximate surface area is 185 Å². The maximum atomic E-state index is 8.83. The van der Waals surface area contributed by atoms with Crippen molar-refractivity contribution in [3.8, 4) is 0 Å². The fourth-order valence-electron chi connectivity index (χ4n) is 3.75. The van der Waals surface area contributed by atoms with Crippen molar-refractivity contribution in [2.75, 3.05) is 19.6 Å². The van der Waals surface area contributed by atoms with E-state index in [0.717, 1.165) is 43.8 Å². The Bertz CT molecular complexity index is 973. The fourth-order valence-corrected chi connectivity index (χ4v) is 3.75. The molecule has 0 saturated carbocycles. The van der Waals surface area contributed by atoms with E-state index in [4.69, 9.17) is 5.41 Å².